The maximum absolute atomic E-state index is 13.6. The van der Waals surface area contributed by atoms with Gasteiger partial charge in [0.25, 0.3) is 0 Å². The Morgan fingerprint density at radius 3 is 2.26 bits per heavy atom. The van der Waals surface area contributed by atoms with E-state index < -0.39 is 16.1 Å². The molecule has 2 rings (SSSR count). The second kappa shape index (κ2) is 14.2. The van der Waals surface area contributed by atoms with Crippen molar-refractivity contribution in [2.24, 2.45) is 5.92 Å². The molecule has 0 heterocycles. The zero-order valence-corrected chi connectivity index (χ0v) is 24.6. The molecule has 0 unspecified atom stereocenters. The summed E-state index contributed by atoms with van der Waals surface area (Å²) in [4.78, 5) is 28.3. The summed E-state index contributed by atoms with van der Waals surface area (Å²) < 4.78 is 31.9. The number of ether oxygens (including phenoxy) is 1. The number of anilines is 1. The summed E-state index contributed by atoms with van der Waals surface area (Å²) >= 11 is 0. The van der Waals surface area contributed by atoms with E-state index in [9.17, 15) is 18.0 Å². The molecule has 0 fully saturated rings. The number of methoxy groups -OCH3 is 1. The topological polar surface area (TPSA) is 96.0 Å². The van der Waals surface area contributed by atoms with E-state index >= 15 is 0 Å². The molecule has 2 aromatic rings. The average Bonchev–Trinajstić information content (AvgIpc) is 2.83. The quantitative estimate of drug-likeness (QED) is 0.379. The lowest BCUT2D eigenvalue weighted by atomic mass is 10.1. The molecule has 0 aromatic heterocycles. The fourth-order valence-corrected chi connectivity index (χ4v) is 5.36. The van der Waals surface area contributed by atoms with Gasteiger partial charge in [-0.3, -0.25) is 13.9 Å². The smallest absolute Gasteiger partial charge is 0.242 e. The van der Waals surface area contributed by atoms with Gasteiger partial charge in [-0.25, -0.2) is 8.42 Å². The highest BCUT2D eigenvalue weighted by molar-refractivity contribution is 7.92. The predicted octanol–water partition coefficient (Wildman–Crippen LogP) is 4.44. The Hall–Kier alpha value is -3.07. The van der Waals surface area contributed by atoms with Crippen LogP contribution < -0.4 is 14.4 Å². The lowest BCUT2D eigenvalue weighted by molar-refractivity contribution is -0.141. The van der Waals surface area contributed by atoms with Gasteiger partial charge in [0.05, 0.1) is 19.1 Å². The Morgan fingerprint density at radius 2 is 1.71 bits per heavy atom. The second-order valence-corrected chi connectivity index (χ2v) is 12.1. The highest BCUT2D eigenvalue weighted by atomic mass is 32.2. The highest BCUT2D eigenvalue weighted by Crippen LogP contribution is 2.23. The first-order valence-electron chi connectivity index (χ1n) is 13.1. The van der Waals surface area contributed by atoms with Crippen molar-refractivity contribution in [2.45, 2.75) is 66.5 Å². The lowest BCUT2D eigenvalue weighted by Crippen LogP contribution is -2.49. The van der Waals surface area contributed by atoms with E-state index in [0.29, 0.717) is 30.8 Å². The first-order chi connectivity index (χ1) is 17.8. The second-order valence-electron chi connectivity index (χ2n) is 10.2. The summed E-state index contributed by atoms with van der Waals surface area (Å²) in [5.74, 6) is 0.564. The third kappa shape index (κ3) is 9.35. The van der Waals surface area contributed by atoms with Gasteiger partial charge in [0.15, 0.2) is 0 Å². The van der Waals surface area contributed by atoms with Crippen molar-refractivity contribution in [1.82, 2.24) is 10.2 Å². The Morgan fingerprint density at radius 1 is 1.05 bits per heavy atom. The maximum atomic E-state index is 13.6. The number of nitrogens with one attached hydrogen (secondary N) is 1. The minimum absolute atomic E-state index is 0.106. The van der Waals surface area contributed by atoms with E-state index in [1.807, 2.05) is 77.1 Å². The largest absolute Gasteiger partial charge is 0.497 e. The first-order valence-corrected chi connectivity index (χ1v) is 15.0. The Bertz CT molecular complexity index is 1180. The van der Waals surface area contributed by atoms with Crippen LogP contribution in [0, 0.1) is 19.8 Å². The SMILES string of the molecule is CC[C@@H](C(=O)NCC(C)C)N(Cc1cccc(OC)c1)C(=O)CCCN(c1cc(C)cc(C)c1)S(C)(=O)=O. The van der Waals surface area contributed by atoms with Gasteiger partial charge < -0.3 is 15.0 Å². The number of nitrogens with zero attached hydrogens (tertiary/aromatic N) is 2. The third-order valence-electron chi connectivity index (χ3n) is 6.20. The Kier molecular flexibility index (Phi) is 11.6. The average molecular weight is 546 g/mol. The van der Waals surface area contributed by atoms with Crippen LogP contribution in [0.5, 0.6) is 5.75 Å². The molecule has 0 spiro atoms. The molecule has 0 aliphatic carbocycles. The van der Waals surface area contributed by atoms with E-state index in [1.54, 1.807) is 12.0 Å². The Balaban J connectivity index is 2.25. The summed E-state index contributed by atoms with van der Waals surface area (Å²) in [6.07, 6.45) is 2.05. The van der Waals surface area contributed by atoms with Gasteiger partial charge in [-0.15, -0.1) is 0 Å². The molecule has 0 aliphatic heterocycles. The molecule has 210 valence electrons. The van der Waals surface area contributed by atoms with Gasteiger partial charge in [-0.1, -0.05) is 39.0 Å². The molecule has 0 saturated carbocycles. The van der Waals surface area contributed by atoms with E-state index in [2.05, 4.69) is 5.32 Å². The van der Waals surface area contributed by atoms with E-state index in [-0.39, 0.29) is 37.2 Å². The van der Waals surface area contributed by atoms with E-state index in [1.165, 1.54) is 10.6 Å². The third-order valence-corrected chi connectivity index (χ3v) is 7.40. The van der Waals surface area contributed by atoms with Crippen molar-refractivity contribution in [2.75, 3.05) is 30.8 Å². The maximum Gasteiger partial charge on any atom is 0.242 e. The number of hydrogen-bond acceptors (Lipinski definition) is 5. The number of hydrogen-bond donors (Lipinski definition) is 1. The fraction of sp³-hybridized carbons (Fsp3) is 0.517. The van der Waals surface area contributed by atoms with Crippen LogP contribution >= 0.6 is 0 Å². The molecule has 0 bridgehead atoms. The molecule has 38 heavy (non-hydrogen) atoms. The molecule has 0 radical (unpaired) electrons. The number of aryl methyl sites for hydroxylation is 2. The van der Waals surface area contributed by atoms with Crippen LogP contribution in [0.25, 0.3) is 0 Å². The molecule has 2 amide bonds. The van der Waals surface area contributed by atoms with Gasteiger partial charge in [-0.2, -0.15) is 0 Å². The normalized spacial score (nSPS) is 12.2. The van der Waals surface area contributed by atoms with Gasteiger partial charge in [0.1, 0.15) is 11.8 Å². The zero-order valence-electron chi connectivity index (χ0n) is 23.8. The minimum atomic E-state index is -3.55. The van der Waals surface area contributed by atoms with Crippen LogP contribution in [0.1, 0.15) is 56.7 Å². The van der Waals surface area contributed by atoms with Crippen molar-refractivity contribution in [3.05, 3.63) is 59.2 Å². The number of rotatable bonds is 14. The summed E-state index contributed by atoms with van der Waals surface area (Å²) in [6.45, 7) is 10.7. The predicted molar refractivity (Wildman–Crippen MR) is 153 cm³/mol. The van der Waals surface area contributed by atoms with Crippen LogP contribution in [0.2, 0.25) is 0 Å². The van der Waals surface area contributed by atoms with E-state index in [0.717, 1.165) is 16.7 Å². The summed E-state index contributed by atoms with van der Waals surface area (Å²) in [6, 6.07) is 12.4. The number of carbonyl (C=O) groups excluding carboxylic acids is 2. The van der Waals surface area contributed by atoms with E-state index in [4.69, 9.17) is 4.74 Å². The number of carbonyl (C=O) groups is 2. The molecule has 9 heteroatoms. The molecule has 0 aliphatic rings. The number of benzene rings is 2. The van der Waals surface area contributed by atoms with Gasteiger partial charge in [0, 0.05) is 26.1 Å². The van der Waals surface area contributed by atoms with Crippen LogP contribution in [0.4, 0.5) is 5.69 Å². The summed E-state index contributed by atoms with van der Waals surface area (Å²) in [7, 11) is -1.96. The molecule has 1 atom stereocenters. The highest BCUT2D eigenvalue weighted by Gasteiger charge is 2.29. The van der Waals surface area contributed by atoms with Crippen molar-refractivity contribution in [3.8, 4) is 5.75 Å². The van der Waals surface area contributed by atoms with Crippen LogP contribution in [0.3, 0.4) is 0 Å². The standard InChI is InChI=1S/C29H43N3O5S/c1-8-27(29(34)30-19-21(2)3)31(20-24-11-9-12-26(18-24)37-6)28(33)13-10-14-32(38(7,35)36)25-16-22(4)15-23(5)17-25/h9,11-12,15-18,21,27H,8,10,13-14,19-20H2,1-7H3,(H,30,34)/t27-/m0/s1. The van der Waals surface area contributed by atoms with Crippen molar-refractivity contribution >= 4 is 27.5 Å². The molecule has 8 nitrogen and oxygen atoms in total. The minimum Gasteiger partial charge on any atom is -0.497 e. The molecule has 2 aromatic carbocycles. The van der Waals surface area contributed by atoms with Gasteiger partial charge in [0.2, 0.25) is 21.8 Å². The van der Waals surface area contributed by atoms with Crippen LogP contribution in [-0.4, -0.2) is 57.6 Å². The molecular formula is C29H43N3O5S. The van der Waals surface area contributed by atoms with Crippen LogP contribution in [0.15, 0.2) is 42.5 Å². The summed E-state index contributed by atoms with van der Waals surface area (Å²) in [5.41, 5.74) is 3.37. The molecule has 0 saturated heterocycles. The van der Waals surface area contributed by atoms with Crippen LogP contribution in [-0.2, 0) is 26.2 Å². The van der Waals surface area contributed by atoms with Crippen molar-refractivity contribution in [1.29, 1.82) is 0 Å². The van der Waals surface area contributed by atoms with Gasteiger partial charge in [-0.05, 0) is 73.6 Å². The van der Waals surface area contributed by atoms with Gasteiger partial charge >= 0.3 is 0 Å². The molecular weight excluding hydrogens is 502 g/mol. The summed E-state index contributed by atoms with van der Waals surface area (Å²) in [5, 5.41) is 2.96. The zero-order chi connectivity index (χ0) is 28.5. The fourth-order valence-electron chi connectivity index (χ4n) is 4.41. The number of sulfonamides is 1. The van der Waals surface area contributed by atoms with Crippen molar-refractivity contribution < 1.29 is 22.7 Å². The first kappa shape index (κ1) is 31.1. The lowest BCUT2D eigenvalue weighted by Gasteiger charge is -2.31. The number of amides is 2. The van der Waals surface area contributed by atoms with Crippen molar-refractivity contribution in [3.63, 3.8) is 0 Å². The molecule has 1 N–H and O–H groups in total. The monoisotopic (exact) mass is 545 g/mol. The Labute approximate surface area is 228 Å².